The van der Waals surface area contributed by atoms with Crippen molar-refractivity contribution in [3.63, 3.8) is 0 Å². The third-order valence-corrected chi connectivity index (χ3v) is 6.87. The number of likely N-dealkylation sites (tertiary alicyclic amines) is 1. The number of rotatable bonds is 7. The topological polar surface area (TPSA) is 67.6 Å². The van der Waals surface area contributed by atoms with E-state index in [1.54, 1.807) is 0 Å². The molecule has 3 N–H and O–H groups in total. The van der Waals surface area contributed by atoms with Gasteiger partial charge in [0.2, 0.25) is 5.91 Å². The summed E-state index contributed by atoms with van der Waals surface area (Å²) in [6, 6.07) is 0. The Morgan fingerprint density at radius 3 is 2.44 bits per heavy atom. The lowest BCUT2D eigenvalue weighted by molar-refractivity contribution is -0.171. The average molecular weight is 426 g/mol. The smallest absolute Gasteiger partial charge is 0.240 e. The SMILES string of the molecule is CCOC1CC(N)(C(=O)NCC(C)(C)N2CCCC(CC)C2)C1(C)C.Cl.Cl. The molecule has 0 spiro atoms. The summed E-state index contributed by atoms with van der Waals surface area (Å²) < 4.78 is 5.74. The summed E-state index contributed by atoms with van der Waals surface area (Å²) >= 11 is 0. The van der Waals surface area contributed by atoms with Gasteiger partial charge in [-0.1, -0.05) is 27.2 Å². The van der Waals surface area contributed by atoms with Gasteiger partial charge in [-0.25, -0.2) is 0 Å². The van der Waals surface area contributed by atoms with Crippen molar-refractivity contribution in [3.05, 3.63) is 0 Å². The molecular formula is C20H41Cl2N3O2. The molecule has 5 nitrogen and oxygen atoms in total. The Balaban J connectivity index is 0.00000338. The lowest BCUT2D eigenvalue weighted by atomic mass is 9.54. The zero-order valence-corrected chi connectivity index (χ0v) is 19.6. The second-order valence-electron chi connectivity index (χ2n) is 9.20. The van der Waals surface area contributed by atoms with Crippen molar-refractivity contribution in [2.24, 2.45) is 17.1 Å². The molecule has 3 atom stereocenters. The summed E-state index contributed by atoms with van der Waals surface area (Å²) in [7, 11) is 0. The van der Waals surface area contributed by atoms with Gasteiger partial charge in [-0.3, -0.25) is 9.69 Å². The van der Waals surface area contributed by atoms with E-state index in [0.29, 0.717) is 19.6 Å². The average Bonchev–Trinajstić information content (AvgIpc) is 2.59. The molecule has 0 aromatic heterocycles. The third-order valence-electron chi connectivity index (χ3n) is 6.87. The molecule has 3 unspecified atom stereocenters. The predicted octanol–water partition coefficient (Wildman–Crippen LogP) is 3.38. The first-order valence-corrected chi connectivity index (χ1v) is 10.0. The van der Waals surface area contributed by atoms with Crippen LogP contribution in [0.2, 0.25) is 0 Å². The summed E-state index contributed by atoms with van der Waals surface area (Å²) in [4.78, 5) is 15.4. The largest absolute Gasteiger partial charge is 0.378 e. The summed E-state index contributed by atoms with van der Waals surface area (Å²) in [5.41, 5.74) is 5.27. The van der Waals surface area contributed by atoms with Crippen molar-refractivity contribution in [2.75, 3.05) is 26.2 Å². The number of piperidine rings is 1. The predicted molar refractivity (Wildman–Crippen MR) is 117 cm³/mol. The zero-order chi connectivity index (χ0) is 18.9. The Morgan fingerprint density at radius 1 is 1.30 bits per heavy atom. The fraction of sp³-hybridized carbons (Fsp3) is 0.950. The summed E-state index contributed by atoms with van der Waals surface area (Å²) in [6.07, 6.45) is 4.47. The molecule has 1 aliphatic heterocycles. The van der Waals surface area contributed by atoms with Crippen molar-refractivity contribution < 1.29 is 9.53 Å². The molecule has 162 valence electrons. The quantitative estimate of drug-likeness (QED) is 0.655. The number of hydrogen-bond acceptors (Lipinski definition) is 4. The van der Waals surface area contributed by atoms with Crippen LogP contribution in [0.1, 0.15) is 67.2 Å². The molecular weight excluding hydrogens is 385 g/mol. The summed E-state index contributed by atoms with van der Waals surface area (Å²) in [6.45, 7) is 16.3. The summed E-state index contributed by atoms with van der Waals surface area (Å²) in [5.74, 6) is 0.743. The molecule has 1 aliphatic carbocycles. The van der Waals surface area contributed by atoms with Gasteiger partial charge in [0.25, 0.3) is 0 Å². The molecule has 1 heterocycles. The third kappa shape index (κ3) is 5.30. The van der Waals surface area contributed by atoms with Crippen LogP contribution in [0.25, 0.3) is 0 Å². The Kier molecular flexibility index (Phi) is 10.1. The number of carbonyl (C=O) groups excluding carboxylic acids is 1. The molecule has 1 saturated heterocycles. The van der Waals surface area contributed by atoms with Crippen LogP contribution in [-0.2, 0) is 9.53 Å². The number of hydrogen-bond donors (Lipinski definition) is 2. The van der Waals surface area contributed by atoms with Crippen molar-refractivity contribution >= 4 is 30.7 Å². The van der Waals surface area contributed by atoms with Gasteiger partial charge in [0.05, 0.1) is 6.10 Å². The van der Waals surface area contributed by atoms with Crippen molar-refractivity contribution in [2.45, 2.75) is 84.4 Å². The molecule has 2 rings (SSSR count). The van der Waals surface area contributed by atoms with E-state index in [1.165, 1.54) is 19.3 Å². The minimum Gasteiger partial charge on any atom is -0.378 e. The molecule has 27 heavy (non-hydrogen) atoms. The van der Waals surface area contributed by atoms with Crippen molar-refractivity contribution in [1.82, 2.24) is 10.2 Å². The van der Waals surface area contributed by atoms with E-state index in [2.05, 4.69) is 31.0 Å². The lowest BCUT2D eigenvalue weighted by Crippen LogP contribution is -2.76. The van der Waals surface area contributed by atoms with Crippen LogP contribution >= 0.6 is 24.8 Å². The van der Waals surface area contributed by atoms with Gasteiger partial charge < -0.3 is 15.8 Å². The van der Waals surface area contributed by atoms with E-state index in [4.69, 9.17) is 10.5 Å². The van der Waals surface area contributed by atoms with E-state index in [0.717, 1.165) is 19.0 Å². The van der Waals surface area contributed by atoms with Gasteiger partial charge in [-0.05, 0) is 46.1 Å². The van der Waals surface area contributed by atoms with Gasteiger partial charge in [0, 0.05) is 37.1 Å². The van der Waals surface area contributed by atoms with E-state index in [-0.39, 0.29) is 47.8 Å². The Bertz CT molecular complexity index is 488. The second-order valence-corrected chi connectivity index (χ2v) is 9.20. The molecule has 7 heteroatoms. The number of amides is 1. The second kappa shape index (κ2) is 10.1. The summed E-state index contributed by atoms with van der Waals surface area (Å²) in [5, 5.41) is 3.15. The number of ether oxygens (including phenoxy) is 1. The van der Waals surface area contributed by atoms with Crippen molar-refractivity contribution in [1.29, 1.82) is 0 Å². The first kappa shape index (κ1) is 26.9. The molecule has 1 saturated carbocycles. The van der Waals surface area contributed by atoms with Crippen LogP contribution in [0, 0.1) is 11.3 Å². The van der Waals surface area contributed by atoms with E-state index in [1.807, 2.05) is 20.8 Å². The first-order chi connectivity index (χ1) is 11.6. The molecule has 0 radical (unpaired) electrons. The van der Waals surface area contributed by atoms with E-state index >= 15 is 0 Å². The number of nitrogens with two attached hydrogens (primary N) is 1. The minimum absolute atomic E-state index is 0. The number of carbonyl (C=O) groups is 1. The van der Waals surface area contributed by atoms with Crippen molar-refractivity contribution in [3.8, 4) is 0 Å². The highest BCUT2D eigenvalue weighted by atomic mass is 35.5. The van der Waals surface area contributed by atoms with Crippen LogP contribution in [0.15, 0.2) is 0 Å². The molecule has 1 amide bonds. The zero-order valence-electron chi connectivity index (χ0n) is 18.0. The van der Waals surface area contributed by atoms with Crippen LogP contribution in [0.4, 0.5) is 0 Å². The fourth-order valence-corrected chi connectivity index (χ4v) is 4.33. The molecule has 2 fully saturated rings. The molecule has 0 bridgehead atoms. The van der Waals surface area contributed by atoms with Gasteiger partial charge in [0.15, 0.2) is 0 Å². The van der Waals surface area contributed by atoms with Gasteiger partial charge in [-0.15, -0.1) is 24.8 Å². The normalized spacial score (nSPS) is 30.5. The maximum atomic E-state index is 12.9. The van der Waals surface area contributed by atoms with Crippen LogP contribution in [-0.4, -0.2) is 54.2 Å². The van der Waals surface area contributed by atoms with Crippen LogP contribution in [0.3, 0.4) is 0 Å². The monoisotopic (exact) mass is 425 g/mol. The standard InChI is InChI=1S/C20H39N3O2.2ClH/c1-7-15-10-9-11-23(13-15)18(3,4)14-22-17(24)20(21)12-16(25-8-2)19(20,5)6;;/h15-16H,7-14,21H2,1-6H3,(H,22,24);2*1H. The Hall–Kier alpha value is -0.0700. The minimum atomic E-state index is -0.837. The first-order valence-electron chi connectivity index (χ1n) is 10.0. The number of nitrogens with one attached hydrogen (secondary N) is 1. The molecule has 2 aliphatic rings. The highest BCUT2D eigenvalue weighted by Crippen LogP contribution is 2.49. The Labute approximate surface area is 178 Å². The molecule has 0 aromatic rings. The maximum absolute atomic E-state index is 12.9. The lowest BCUT2D eigenvalue weighted by Gasteiger charge is -2.57. The molecule has 0 aromatic carbocycles. The number of halogens is 2. The maximum Gasteiger partial charge on any atom is 0.240 e. The van der Waals surface area contributed by atoms with Gasteiger partial charge >= 0.3 is 0 Å². The van der Waals surface area contributed by atoms with E-state index < -0.39 is 5.54 Å². The van der Waals surface area contributed by atoms with Gasteiger partial charge in [-0.2, -0.15) is 0 Å². The highest BCUT2D eigenvalue weighted by Gasteiger charge is 2.62. The highest BCUT2D eigenvalue weighted by molar-refractivity contribution is 5.88. The van der Waals surface area contributed by atoms with Crippen LogP contribution in [0.5, 0.6) is 0 Å². The number of nitrogens with zero attached hydrogens (tertiary/aromatic N) is 1. The Morgan fingerprint density at radius 2 is 1.93 bits per heavy atom. The van der Waals surface area contributed by atoms with Gasteiger partial charge in [0.1, 0.15) is 5.54 Å². The van der Waals surface area contributed by atoms with Crippen LogP contribution < -0.4 is 11.1 Å². The fourth-order valence-electron chi connectivity index (χ4n) is 4.33. The van der Waals surface area contributed by atoms with E-state index in [9.17, 15) is 4.79 Å².